The molecule has 1 aromatic rings. The molecule has 20 heavy (non-hydrogen) atoms. The Labute approximate surface area is 117 Å². The van der Waals surface area contributed by atoms with Gasteiger partial charge in [0.2, 0.25) is 0 Å². The van der Waals surface area contributed by atoms with Crippen molar-refractivity contribution in [3.63, 3.8) is 0 Å². The summed E-state index contributed by atoms with van der Waals surface area (Å²) in [5.41, 5.74) is 0.777. The van der Waals surface area contributed by atoms with Crippen LogP contribution in [0.25, 0.3) is 0 Å². The quantitative estimate of drug-likeness (QED) is 0.831. The minimum absolute atomic E-state index is 0.00720. The van der Waals surface area contributed by atoms with Crippen LogP contribution in [0.15, 0.2) is 29.3 Å². The van der Waals surface area contributed by atoms with Gasteiger partial charge in [0.1, 0.15) is 5.82 Å². The standard InChI is InChI=1S/C15H17FN2O2/c16-12-6-4-11(5-7-12)14-13(17-10-20-14)15(19)18-8-2-1-3-9-18/h4-7,10,13-14H,1-3,8-9H2/t13-,14+/m0/s1. The van der Waals surface area contributed by atoms with Gasteiger partial charge < -0.3 is 9.64 Å². The van der Waals surface area contributed by atoms with E-state index in [0.717, 1.165) is 31.5 Å². The molecule has 2 atom stereocenters. The number of hydrogen-bond donors (Lipinski definition) is 0. The van der Waals surface area contributed by atoms with Crippen LogP contribution in [0.5, 0.6) is 0 Å². The molecule has 2 heterocycles. The topological polar surface area (TPSA) is 41.9 Å². The van der Waals surface area contributed by atoms with Crippen molar-refractivity contribution in [3.8, 4) is 0 Å². The zero-order chi connectivity index (χ0) is 13.9. The van der Waals surface area contributed by atoms with E-state index < -0.39 is 12.1 Å². The summed E-state index contributed by atoms with van der Waals surface area (Å²) in [6.07, 6.45) is 4.16. The minimum Gasteiger partial charge on any atom is -0.473 e. The van der Waals surface area contributed by atoms with Crippen LogP contribution in [-0.2, 0) is 9.53 Å². The number of aliphatic imine (C=N–C) groups is 1. The van der Waals surface area contributed by atoms with Gasteiger partial charge in [-0.05, 0) is 37.0 Å². The second kappa shape index (κ2) is 5.61. The summed E-state index contributed by atoms with van der Waals surface area (Å²) in [5, 5.41) is 0. The summed E-state index contributed by atoms with van der Waals surface area (Å²) in [4.78, 5) is 18.5. The molecule has 0 unspecified atom stereocenters. The highest BCUT2D eigenvalue weighted by atomic mass is 19.1. The monoisotopic (exact) mass is 276 g/mol. The summed E-state index contributed by atoms with van der Waals surface area (Å²) in [6.45, 7) is 1.59. The first-order chi connectivity index (χ1) is 9.75. The van der Waals surface area contributed by atoms with Crippen LogP contribution in [0, 0.1) is 5.82 Å². The number of likely N-dealkylation sites (tertiary alicyclic amines) is 1. The number of amides is 1. The van der Waals surface area contributed by atoms with E-state index in [2.05, 4.69) is 4.99 Å². The molecule has 0 spiro atoms. The molecule has 0 aromatic heterocycles. The van der Waals surface area contributed by atoms with Gasteiger partial charge in [0.15, 0.2) is 18.5 Å². The lowest BCUT2D eigenvalue weighted by molar-refractivity contribution is -0.135. The lowest BCUT2D eigenvalue weighted by atomic mass is 10.0. The Balaban J connectivity index is 1.75. The van der Waals surface area contributed by atoms with Crippen LogP contribution < -0.4 is 0 Å². The van der Waals surface area contributed by atoms with Crippen LogP contribution in [-0.4, -0.2) is 36.3 Å². The molecule has 1 amide bonds. The zero-order valence-electron chi connectivity index (χ0n) is 11.2. The molecule has 4 nitrogen and oxygen atoms in total. The molecule has 2 aliphatic rings. The van der Waals surface area contributed by atoms with E-state index in [9.17, 15) is 9.18 Å². The van der Waals surface area contributed by atoms with Crippen LogP contribution in [0.1, 0.15) is 30.9 Å². The number of hydrogen-bond acceptors (Lipinski definition) is 3. The Morgan fingerprint density at radius 1 is 1.20 bits per heavy atom. The fourth-order valence-corrected chi connectivity index (χ4v) is 2.73. The van der Waals surface area contributed by atoms with Gasteiger partial charge in [-0.15, -0.1) is 0 Å². The van der Waals surface area contributed by atoms with E-state index in [1.807, 2.05) is 4.90 Å². The van der Waals surface area contributed by atoms with E-state index >= 15 is 0 Å². The molecule has 0 saturated carbocycles. The summed E-state index contributed by atoms with van der Waals surface area (Å²) >= 11 is 0. The largest absolute Gasteiger partial charge is 0.473 e. The second-order valence-corrected chi connectivity index (χ2v) is 5.19. The summed E-state index contributed by atoms with van der Waals surface area (Å²) in [7, 11) is 0. The molecule has 106 valence electrons. The Hall–Kier alpha value is -1.91. The van der Waals surface area contributed by atoms with Gasteiger partial charge in [-0.1, -0.05) is 12.1 Å². The third kappa shape index (κ3) is 2.53. The van der Waals surface area contributed by atoms with E-state index in [0.29, 0.717) is 0 Å². The number of ether oxygens (including phenoxy) is 1. The lowest BCUT2D eigenvalue weighted by Crippen LogP contribution is -2.42. The normalized spacial score (nSPS) is 25.6. The van der Waals surface area contributed by atoms with Crippen LogP contribution in [0.3, 0.4) is 0 Å². The van der Waals surface area contributed by atoms with Crippen molar-refractivity contribution in [3.05, 3.63) is 35.6 Å². The first-order valence-corrected chi connectivity index (χ1v) is 6.97. The summed E-state index contributed by atoms with van der Waals surface area (Å²) in [6, 6.07) is 5.49. The third-order valence-electron chi connectivity index (χ3n) is 3.83. The van der Waals surface area contributed by atoms with E-state index in [4.69, 9.17) is 4.74 Å². The maximum atomic E-state index is 13.0. The van der Waals surface area contributed by atoms with Crippen molar-refractivity contribution in [2.45, 2.75) is 31.4 Å². The Bertz CT molecular complexity index is 509. The highest BCUT2D eigenvalue weighted by molar-refractivity contribution is 5.85. The molecule has 0 N–H and O–H groups in total. The molecule has 5 heteroatoms. The number of nitrogens with zero attached hydrogens (tertiary/aromatic N) is 2. The highest BCUT2D eigenvalue weighted by Gasteiger charge is 2.36. The fourth-order valence-electron chi connectivity index (χ4n) is 2.73. The van der Waals surface area contributed by atoms with Crippen molar-refractivity contribution in [1.29, 1.82) is 0 Å². The van der Waals surface area contributed by atoms with Gasteiger partial charge in [0.25, 0.3) is 5.91 Å². The summed E-state index contributed by atoms with van der Waals surface area (Å²) in [5.74, 6) is -0.292. The van der Waals surface area contributed by atoms with Crippen LogP contribution in [0.4, 0.5) is 4.39 Å². The third-order valence-corrected chi connectivity index (χ3v) is 3.83. The molecule has 0 aliphatic carbocycles. The average Bonchev–Trinajstić information content (AvgIpc) is 2.97. The summed E-state index contributed by atoms with van der Waals surface area (Å²) < 4.78 is 18.4. The first-order valence-electron chi connectivity index (χ1n) is 6.97. The van der Waals surface area contributed by atoms with Crippen molar-refractivity contribution in [2.75, 3.05) is 13.1 Å². The van der Waals surface area contributed by atoms with Crippen molar-refractivity contribution in [2.24, 2.45) is 4.99 Å². The molecule has 1 saturated heterocycles. The van der Waals surface area contributed by atoms with Gasteiger partial charge in [0, 0.05) is 13.1 Å². The van der Waals surface area contributed by atoms with Crippen molar-refractivity contribution < 1.29 is 13.9 Å². The van der Waals surface area contributed by atoms with Crippen LogP contribution in [0.2, 0.25) is 0 Å². The Morgan fingerprint density at radius 2 is 1.90 bits per heavy atom. The molecule has 3 rings (SSSR count). The molecule has 2 aliphatic heterocycles. The molecule has 1 aromatic carbocycles. The zero-order valence-corrected chi connectivity index (χ0v) is 11.2. The smallest absolute Gasteiger partial charge is 0.251 e. The minimum atomic E-state index is -0.543. The number of halogens is 1. The highest BCUT2D eigenvalue weighted by Crippen LogP contribution is 2.29. The number of carbonyl (C=O) groups excluding carboxylic acids is 1. The fraction of sp³-hybridized carbons (Fsp3) is 0.467. The first kappa shape index (κ1) is 13.1. The van der Waals surface area contributed by atoms with Crippen LogP contribution >= 0.6 is 0 Å². The van der Waals surface area contributed by atoms with Gasteiger partial charge in [-0.25, -0.2) is 9.38 Å². The molecule has 1 fully saturated rings. The van der Waals surface area contributed by atoms with Gasteiger partial charge in [-0.2, -0.15) is 0 Å². The molecular formula is C15H17FN2O2. The number of carbonyl (C=O) groups is 1. The molecule has 0 bridgehead atoms. The predicted octanol–water partition coefficient (Wildman–Crippen LogP) is 2.31. The number of rotatable bonds is 2. The van der Waals surface area contributed by atoms with E-state index in [-0.39, 0.29) is 11.7 Å². The van der Waals surface area contributed by atoms with Gasteiger partial charge in [-0.3, -0.25) is 4.79 Å². The Kier molecular flexibility index (Phi) is 3.67. The maximum absolute atomic E-state index is 13.0. The molecular weight excluding hydrogens is 259 g/mol. The lowest BCUT2D eigenvalue weighted by Gasteiger charge is -2.29. The van der Waals surface area contributed by atoms with Gasteiger partial charge in [0.05, 0.1) is 0 Å². The maximum Gasteiger partial charge on any atom is 0.251 e. The van der Waals surface area contributed by atoms with E-state index in [1.165, 1.54) is 25.0 Å². The van der Waals surface area contributed by atoms with Crippen molar-refractivity contribution >= 4 is 12.3 Å². The van der Waals surface area contributed by atoms with Crippen molar-refractivity contribution in [1.82, 2.24) is 4.90 Å². The second-order valence-electron chi connectivity index (χ2n) is 5.19. The molecule has 0 radical (unpaired) electrons. The van der Waals surface area contributed by atoms with E-state index in [1.54, 1.807) is 12.1 Å². The van der Waals surface area contributed by atoms with Gasteiger partial charge >= 0.3 is 0 Å². The SMILES string of the molecule is O=C([C@H]1N=CO[C@@H]1c1ccc(F)cc1)N1CCCCC1. The predicted molar refractivity (Wildman–Crippen MR) is 72.9 cm³/mol. The number of benzene rings is 1. The Morgan fingerprint density at radius 3 is 2.60 bits per heavy atom. The average molecular weight is 276 g/mol. The number of piperidine rings is 1.